The molecule has 2 heterocycles. The SMILES string of the molecule is CCCC(=O)O[C@]1(N)[C@H](O)[C@@H](CO)O[C@@]1(c1ccc2ccc3cccc4ccc1c2c34)n1ccc(=O)[nH]c1=O. The van der Waals surface area contributed by atoms with Crippen molar-refractivity contribution in [3.8, 4) is 0 Å². The molecule has 0 radical (unpaired) electrons. The van der Waals surface area contributed by atoms with Gasteiger partial charge in [-0.2, -0.15) is 0 Å². The summed E-state index contributed by atoms with van der Waals surface area (Å²) in [5.74, 6) is -0.721. The summed E-state index contributed by atoms with van der Waals surface area (Å²) in [6.45, 7) is 1.10. The van der Waals surface area contributed by atoms with Crippen LogP contribution in [0, 0.1) is 0 Å². The lowest BCUT2D eigenvalue weighted by molar-refractivity contribution is -0.204. The van der Waals surface area contributed by atoms with Gasteiger partial charge in [-0.25, -0.2) is 4.79 Å². The third-order valence-electron chi connectivity index (χ3n) is 7.62. The fourth-order valence-corrected chi connectivity index (χ4v) is 5.91. The van der Waals surface area contributed by atoms with Crippen molar-refractivity contribution in [1.82, 2.24) is 9.55 Å². The smallest absolute Gasteiger partial charge is 0.331 e. The van der Waals surface area contributed by atoms with Gasteiger partial charge in [0.25, 0.3) is 5.56 Å². The van der Waals surface area contributed by atoms with Crippen LogP contribution in [0.2, 0.25) is 0 Å². The number of nitrogens with one attached hydrogen (secondary N) is 1. The molecule has 5 aromatic rings. The van der Waals surface area contributed by atoms with Gasteiger partial charge in [0.05, 0.1) is 6.61 Å². The molecule has 0 aliphatic carbocycles. The summed E-state index contributed by atoms with van der Waals surface area (Å²) in [5.41, 5.74) is 1.03. The first-order valence-corrected chi connectivity index (χ1v) is 12.7. The summed E-state index contributed by atoms with van der Waals surface area (Å²) in [5, 5.41) is 26.9. The maximum absolute atomic E-state index is 13.4. The highest BCUT2D eigenvalue weighted by atomic mass is 16.6. The highest BCUT2D eigenvalue weighted by Gasteiger charge is 2.69. The molecule has 6 rings (SSSR count). The van der Waals surface area contributed by atoms with Gasteiger partial charge in [0.15, 0.2) is 0 Å². The van der Waals surface area contributed by atoms with Crippen LogP contribution in [-0.4, -0.2) is 50.3 Å². The zero-order valence-corrected chi connectivity index (χ0v) is 21.1. The summed E-state index contributed by atoms with van der Waals surface area (Å²) < 4.78 is 13.1. The molecule has 5 N–H and O–H groups in total. The minimum Gasteiger partial charge on any atom is -0.435 e. The van der Waals surface area contributed by atoms with Crippen LogP contribution >= 0.6 is 0 Å². The normalized spacial score (nSPS) is 25.1. The molecule has 39 heavy (non-hydrogen) atoms. The average Bonchev–Trinajstić information content (AvgIpc) is 3.14. The molecule has 4 atom stereocenters. The Balaban J connectivity index is 1.77. The molecule has 1 aliphatic rings. The van der Waals surface area contributed by atoms with E-state index in [-0.39, 0.29) is 6.42 Å². The number of carbonyl (C=O) groups excluding carboxylic acids is 1. The van der Waals surface area contributed by atoms with Crippen molar-refractivity contribution in [3.05, 3.63) is 93.3 Å². The molecule has 10 heteroatoms. The lowest BCUT2D eigenvalue weighted by Crippen LogP contribution is -2.68. The van der Waals surface area contributed by atoms with E-state index in [1.54, 1.807) is 13.0 Å². The van der Waals surface area contributed by atoms with Crippen molar-refractivity contribution >= 4 is 38.3 Å². The predicted molar refractivity (Wildman–Crippen MR) is 144 cm³/mol. The maximum atomic E-state index is 13.4. The second-order valence-corrected chi connectivity index (χ2v) is 9.89. The zero-order valence-electron chi connectivity index (χ0n) is 21.1. The van der Waals surface area contributed by atoms with E-state index in [2.05, 4.69) is 4.98 Å². The number of rotatable bonds is 6. The van der Waals surface area contributed by atoms with E-state index in [4.69, 9.17) is 15.2 Å². The van der Waals surface area contributed by atoms with Crippen LogP contribution in [0.15, 0.2) is 76.4 Å². The van der Waals surface area contributed by atoms with Crippen LogP contribution in [0.25, 0.3) is 32.3 Å². The number of aromatic amines is 1. The number of aromatic nitrogens is 2. The minimum absolute atomic E-state index is 0.00938. The number of benzene rings is 4. The van der Waals surface area contributed by atoms with Crippen LogP contribution < -0.4 is 17.0 Å². The lowest BCUT2D eigenvalue weighted by atomic mass is 9.83. The largest absolute Gasteiger partial charge is 0.435 e. The molecule has 0 bridgehead atoms. The molecule has 0 spiro atoms. The first-order valence-electron chi connectivity index (χ1n) is 12.7. The molecule has 1 fully saturated rings. The van der Waals surface area contributed by atoms with Gasteiger partial charge in [-0.15, -0.1) is 0 Å². The van der Waals surface area contributed by atoms with Crippen LogP contribution in [-0.2, 0) is 20.0 Å². The highest BCUT2D eigenvalue weighted by Crippen LogP contribution is 2.50. The van der Waals surface area contributed by atoms with Gasteiger partial charge in [0.2, 0.25) is 11.4 Å². The van der Waals surface area contributed by atoms with Gasteiger partial charge >= 0.3 is 11.7 Å². The van der Waals surface area contributed by atoms with Crippen LogP contribution in [0.4, 0.5) is 0 Å². The van der Waals surface area contributed by atoms with Crippen LogP contribution in [0.1, 0.15) is 25.3 Å². The number of ether oxygens (including phenoxy) is 2. The van der Waals surface area contributed by atoms with Crippen molar-refractivity contribution in [2.24, 2.45) is 5.73 Å². The fourth-order valence-electron chi connectivity index (χ4n) is 5.91. The first-order chi connectivity index (χ1) is 18.7. The number of esters is 1. The molecule has 200 valence electrons. The van der Waals surface area contributed by atoms with Crippen LogP contribution in [0.3, 0.4) is 0 Å². The van der Waals surface area contributed by atoms with Gasteiger partial charge in [0, 0.05) is 24.2 Å². The van der Waals surface area contributed by atoms with Crippen molar-refractivity contribution < 1.29 is 24.5 Å². The van der Waals surface area contributed by atoms with E-state index < -0.39 is 47.5 Å². The van der Waals surface area contributed by atoms with Gasteiger partial charge in [-0.3, -0.25) is 24.9 Å². The summed E-state index contributed by atoms with van der Waals surface area (Å²) in [6, 6.07) is 18.4. The van der Waals surface area contributed by atoms with E-state index in [0.29, 0.717) is 17.4 Å². The Morgan fingerprint density at radius 1 is 1.05 bits per heavy atom. The Hall–Kier alpha value is -4.09. The number of carbonyl (C=O) groups is 1. The molecule has 0 unspecified atom stereocenters. The quantitative estimate of drug-likeness (QED) is 0.148. The number of hydrogen-bond donors (Lipinski definition) is 4. The summed E-state index contributed by atoms with van der Waals surface area (Å²) in [6.07, 6.45) is -1.45. The summed E-state index contributed by atoms with van der Waals surface area (Å²) in [4.78, 5) is 40.5. The van der Waals surface area contributed by atoms with Gasteiger partial charge in [0.1, 0.15) is 12.2 Å². The van der Waals surface area contributed by atoms with Crippen molar-refractivity contribution in [2.75, 3.05) is 6.61 Å². The number of nitrogens with zero attached hydrogens (tertiary/aromatic N) is 1. The molecule has 0 amide bonds. The lowest BCUT2D eigenvalue weighted by Gasteiger charge is -2.43. The molecule has 10 nitrogen and oxygen atoms in total. The van der Waals surface area contributed by atoms with E-state index in [9.17, 15) is 24.6 Å². The maximum Gasteiger partial charge on any atom is 0.331 e. The molecule has 0 saturated carbocycles. The molecular weight excluding hydrogens is 502 g/mol. The topological polar surface area (TPSA) is 157 Å². The van der Waals surface area contributed by atoms with Gasteiger partial charge < -0.3 is 19.7 Å². The highest BCUT2D eigenvalue weighted by molar-refractivity contribution is 6.23. The first kappa shape index (κ1) is 25.2. The Morgan fingerprint density at radius 3 is 2.38 bits per heavy atom. The third-order valence-corrected chi connectivity index (χ3v) is 7.62. The number of hydrogen-bond acceptors (Lipinski definition) is 8. The fraction of sp³-hybridized carbons (Fsp3) is 0.276. The molecular formula is C29H27N3O7. The summed E-state index contributed by atoms with van der Waals surface area (Å²) in [7, 11) is 0. The molecule has 1 aliphatic heterocycles. The number of H-pyrrole nitrogens is 1. The number of nitrogens with two attached hydrogens (primary N) is 1. The van der Waals surface area contributed by atoms with Crippen molar-refractivity contribution in [3.63, 3.8) is 0 Å². The Morgan fingerprint density at radius 2 is 1.72 bits per heavy atom. The Labute approximate surface area is 221 Å². The van der Waals surface area contributed by atoms with Gasteiger partial charge in [-0.05, 0) is 38.7 Å². The Kier molecular flexibility index (Phi) is 5.81. The predicted octanol–water partition coefficient (Wildman–Crippen LogP) is 1.89. The third kappa shape index (κ3) is 3.46. The minimum atomic E-state index is -2.38. The number of aliphatic hydroxyl groups is 2. The van der Waals surface area contributed by atoms with E-state index in [0.717, 1.165) is 37.6 Å². The molecule has 4 aromatic carbocycles. The van der Waals surface area contributed by atoms with Gasteiger partial charge in [-0.1, -0.05) is 61.5 Å². The molecule has 1 saturated heterocycles. The van der Waals surface area contributed by atoms with Crippen molar-refractivity contribution in [1.29, 1.82) is 0 Å². The standard InChI is InChI=1S/C29H27N3O7/c1-2-4-23(35)39-28(30)26(36)21(15-33)38-29(28,32-14-13-22(34)31-27(32)37)20-12-10-18-8-7-16-5-3-6-17-9-11-19(20)25(18)24(16)17/h3,5-14,21,26,33,36H,2,4,15,30H2,1H3,(H,31,34,37)/t21-,26-,28-,29-/m1/s1. The second-order valence-electron chi connectivity index (χ2n) is 9.89. The number of aliphatic hydroxyl groups excluding tert-OH is 2. The molecule has 1 aromatic heterocycles. The van der Waals surface area contributed by atoms with E-state index in [1.165, 1.54) is 6.20 Å². The van der Waals surface area contributed by atoms with E-state index >= 15 is 0 Å². The summed E-state index contributed by atoms with van der Waals surface area (Å²) >= 11 is 0. The second kappa shape index (κ2) is 8.99. The van der Waals surface area contributed by atoms with E-state index in [1.807, 2.05) is 48.5 Å². The Bertz CT molecular complexity index is 1830. The van der Waals surface area contributed by atoms with Crippen molar-refractivity contribution in [2.45, 2.75) is 43.4 Å². The average molecular weight is 530 g/mol. The van der Waals surface area contributed by atoms with Crippen LogP contribution in [0.5, 0.6) is 0 Å². The zero-order chi connectivity index (χ0) is 27.5. The monoisotopic (exact) mass is 529 g/mol.